The SMILES string of the molecule is Oc1ccc(CCNc2nc(Nc3cnccn3)nc3c2ncn3C2CCCCC2)cc1. The van der Waals surface area contributed by atoms with Gasteiger partial charge in [-0.2, -0.15) is 9.97 Å². The summed E-state index contributed by atoms with van der Waals surface area (Å²) in [5.41, 5.74) is 2.72. The van der Waals surface area contributed by atoms with Crippen molar-refractivity contribution in [1.82, 2.24) is 29.5 Å². The number of benzene rings is 1. The van der Waals surface area contributed by atoms with Crippen LogP contribution in [0.15, 0.2) is 49.2 Å². The Balaban J connectivity index is 1.43. The monoisotopic (exact) mass is 430 g/mol. The second kappa shape index (κ2) is 9.17. The fourth-order valence-electron chi connectivity index (χ4n) is 4.19. The molecule has 0 saturated heterocycles. The molecule has 0 spiro atoms. The fraction of sp³-hybridized carbons (Fsp3) is 0.348. The lowest BCUT2D eigenvalue weighted by Gasteiger charge is -2.23. The van der Waals surface area contributed by atoms with E-state index < -0.39 is 0 Å². The van der Waals surface area contributed by atoms with Gasteiger partial charge in [0.1, 0.15) is 5.75 Å². The lowest BCUT2D eigenvalue weighted by molar-refractivity contribution is 0.358. The van der Waals surface area contributed by atoms with Crippen LogP contribution in [0.3, 0.4) is 0 Å². The molecule has 0 radical (unpaired) electrons. The van der Waals surface area contributed by atoms with Crippen LogP contribution in [0.2, 0.25) is 0 Å². The molecule has 9 heteroatoms. The molecule has 1 saturated carbocycles. The minimum atomic E-state index is 0.271. The van der Waals surface area contributed by atoms with Crippen LogP contribution in [-0.2, 0) is 6.42 Å². The van der Waals surface area contributed by atoms with Crippen molar-refractivity contribution in [1.29, 1.82) is 0 Å². The molecule has 9 nitrogen and oxygen atoms in total. The normalized spacial score (nSPS) is 14.5. The number of phenols is 1. The van der Waals surface area contributed by atoms with E-state index in [1.165, 1.54) is 19.3 Å². The summed E-state index contributed by atoms with van der Waals surface area (Å²) < 4.78 is 2.20. The van der Waals surface area contributed by atoms with E-state index in [0.29, 0.717) is 30.2 Å². The van der Waals surface area contributed by atoms with Crippen molar-refractivity contribution >= 4 is 28.7 Å². The van der Waals surface area contributed by atoms with Gasteiger partial charge in [0.25, 0.3) is 0 Å². The number of phenolic OH excluding ortho intramolecular Hbond substituents is 1. The van der Waals surface area contributed by atoms with Gasteiger partial charge in [-0.1, -0.05) is 31.4 Å². The summed E-state index contributed by atoms with van der Waals surface area (Å²) in [4.78, 5) is 22.5. The van der Waals surface area contributed by atoms with Crippen molar-refractivity contribution in [3.05, 3.63) is 54.7 Å². The molecule has 5 rings (SSSR count). The van der Waals surface area contributed by atoms with E-state index in [1.807, 2.05) is 18.5 Å². The van der Waals surface area contributed by atoms with Crippen LogP contribution < -0.4 is 10.6 Å². The molecule has 0 aliphatic heterocycles. The summed E-state index contributed by atoms with van der Waals surface area (Å²) in [6.07, 6.45) is 13.6. The molecule has 1 aliphatic carbocycles. The van der Waals surface area contributed by atoms with E-state index in [0.717, 1.165) is 36.0 Å². The number of hydrogen-bond donors (Lipinski definition) is 3. The number of rotatable bonds is 7. The van der Waals surface area contributed by atoms with Gasteiger partial charge < -0.3 is 20.3 Å². The highest BCUT2D eigenvalue weighted by Crippen LogP contribution is 2.32. The summed E-state index contributed by atoms with van der Waals surface area (Å²) in [5.74, 6) is 2.01. The van der Waals surface area contributed by atoms with E-state index in [2.05, 4.69) is 35.1 Å². The van der Waals surface area contributed by atoms with E-state index in [4.69, 9.17) is 4.98 Å². The maximum Gasteiger partial charge on any atom is 0.232 e. The van der Waals surface area contributed by atoms with E-state index in [9.17, 15) is 5.11 Å². The van der Waals surface area contributed by atoms with Gasteiger partial charge in [0.15, 0.2) is 22.8 Å². The van der Waals surface area contributed by atoms with Gasteiger partial charge in [-0.05, 0) is 37.0 Å². The molecule has 0 bridgehead atoms. The maximum atomic E-state index is 9.48. The van der Waals surface area contributed by atoms with Gasteiger partial charge in [-0.25, -0.2) is 9.97 Å². The fourth-order valence-corrected chi connectivity index (χ4v) is 4.19. The van der Waals surface area contributed by atoms with E-state index in [1.54, 1.807) is 30.7 Å². The number of imidazole rings is 1. The molecule has 3 heterocycles. The first-order chi connectivity index (χ1) is 15.8. The Morgan fingerprint density at radius 3 is 2.62 bits per heavy atom. The number of anilines is 3. The lowest BCUT2D eigenvalue weighted by Crippen LogP contribution is -2.13. The van der Waals surface area contributed by atoms with Crippen molar-refractivity contribution in [2.45, 2.75) is 44.6 Å². The largest absolute Gasteiger partial charge is 0.508 e. The van der Waals surface area contributed by atoms with Crippen LogP contribution in [0.25, 0.3) is 11.2 Å². The Bertz CT molecular complexity index is 1170. The van der Waals surface area contributed by atoms with Gasteiger partial charge in [0, 0.05) is 25.0 Å². The lowest BCUT2D eigenvalue weighted by atomic mass is 9.95. The Morgan fingerprint density at radius 2 is 1.84 bits per heavy atom. The quantitative estimate of drug-likeness (QED) is 0.399. The molecule has 1 aliphatic rings. The summed E-state index contributed by atoms with van der Waals surface area (Å²) in [7, 11) is 0. The highest BCUT2D eigenvalue weighted by atomic mass is 16.3. The summed E-state index contributed by atoms with van der Waals surface area (Å²) in [6.45, 7) is 0.678. The van der Waals surface area contributed by atoms with Gasteiger partial charge >= 0.3 is 0 Å². The number of nitrogens with zero attached hydrogens (tertiary/aromatic N) is 6. The Morgan fingerprint density at radius 1 is 1.00 bits per heavy atom. The van der Waals surface area contributed by atoms with Crippen LogP contribution in [0.1, 0.15) is 43.7 Å². The predicted molar refractivity (Wildman–Crippen MR) is 123 cm³/mol. The molecule has 0 unspecified atom stereocenters. The summed E-state index contributed by atoms with van der Waals surface area (Å²) in [6, 6.07) is 7.66. The molecule has 32 heavy (non-hydrogen) atoms. The first-order valence-corrected chi connectivity index (χ1v) is 11.1. The van der Waals surface area contributed by atoms with E-state index in [-0.39, 0.29) is 5.75 Å². The second-order valence-electron chi connectivity index (χ2n) is 8.07. The van der Waals surface area contributed by atoms with Crippen LogP contribution >= 0.6 is 0 Å². The van der Waals surface area contributed by atoms with Gasteiger partial charge in [0.2, 0.25) is 5.95 Å². The maximum absolute atomic E-state index is 9.48. The highest BCUT2D eigenvalue weighted by molar-refractivity contribution is 5.84. The van der Waals surface area contributed by atoms with Crippen molar-refractivity contribution in [3.8, 4) is 5.75 Å². The first kappa shape index (κ1) is 20.2. The molecular formula is C23H26N8O. The minimum Gasteiger partial charge on any atom is -0.508 e. The van der Waals surface area contributed by atoms with Crippen molar-refractivity contribution in [2.24, 2.45) is 0 Å². The molecule has 0 atom stereocenters. The second-order valence-corrected chi connectivity index (χ2v) is 8.07. The number of nitrogens with one attached hydrogen (secondary N) is 2. The average molecular weight is 431 g/mol. The molecule has 3 aromatic heterocycles. The predicted octanol–water partition coefficient (Wildman–Crippen LogP) is 4.23. The highest BCUT2D eigenvalue weighted by Gasteiger charge is 2.21. The molecule has 1 fully saturated rings. The Kier molecular flexibility index (Phi) is 5.78. The average Bonchev–Trinajstić information content (AvgIpc) is 3.26. The van der Waals surface area contributed by atoms with Crippen LogP contribution in [0.4, 0.5) is 17.6 Å². The number of hydrogen-bond acceptors (Lipinski definition) is 8. The van der Waals surface area contributed by atoms with Gasteiger partial charge in [-0.15, -0.1) is 0 Å². The molecule has 3 N–H and O–H groups in total. The molecular weight excluding hydrogens is 404 g/mol. The van der Waals surface area contributed by atoms with E-state index >= 15 is 0 Å². The number of aromatic hydroxyl groups is 1. The third-order valence-electron chi connectivity index (χ3n) is 5.84. The zero-order chi connectivity index (χ0) is 21.8. The standard InChI is InChI=1S/C23H26N8O/c32-18-8-6-16(7-9-18)10-11-26-21-20-22(31(15-27-20)17-4-2-1-3-5-17)30-23(29-21)28-19-14-24-12-13-25-19/h6-9,12-15,17,32H,1-5,10-11H2,(H2,25,26,28,29,30). The number of fused-ring (bicyclic) bond motifs is 1. The molecule has 0 amide bonds. The van der Waals surface area contributed by atoms with Crippen molar-refractivity contribution in [2.75, 3.05) is 17.2 Å². The molecule has 4 aromatic rings. The topological polar surface area (TPSA) is 114 Å². The van der Waals surface area contributed by atoms with Crippen LogP contribution in [0, 0.1) is 0 Å². The summed E-state index contributed by atoms with van der Waals surface area (Å²) in [5, 5.41) is 16.1. The first-order valence-electron chi connectivity index (χ1n) is 11.1. The van der Waals surface area contributed by atoms with Crippen molar-refractivity contribution in [3.63, 3.8) is 0 Å². The zero-order valence-corrected chi connectivity index (χ0v) is 17.8. The third kappa shape index (κ3) is 4.46. The Hall–Kier alpha value is -3.75. The van der Waals surface area contributed by atoms with Crippen molar-refractivity contribution < 1.29 is 5.11 Å². The summed E-state index contributed by atoms with van der Waals surface area (Å²) >= 11 is 0. The molecule has 164 valence electrons. The third-order valence-corrected chi connectivity index (χ3v) is 5.84. The minimum absolute atomic E-state index is 0.271. The zero-order valence-electron chi connectivity index (χ0n) is 17.8. The van der Waals surface area contributed by atoms with Crippen LogP contribution in [0.5, 0.6) is 5.75 Å². The van der Waals surface area contributed by atoms with Gasteiger partial charge in [0.05, 0.1) is 12.5 Å². The smallest absolute Gasteiger partial charge is 0.232 e. The van der Waals surface area contributed by atoms with Gasteiger partial charge in [-0.3, -0.25) is 4.98 Å². The molecule has 1 aromatic carbocycles. The Labute approximate surface area is 186 Å². The van der Waals surface area contributed by atoms with Crippen LogP contribution in [-0.4, -0.2) is 41.1 Å². The number of aromatic nitrogens is 6.